The number of nitrogens with zero attached hydrogens (tertiary/aromatic N) is 4. The molecule has 0 bridgehead atoms. The predicted molar refractivity (Wildman–Crippen MR) is 117 cm³/mol. The molecule has 0 atom stereocenters. The van der Waals surface area contributed by atoms with E-state index < -0.39 is 10.0 Å². The van der Waals surface area contributed by atoms with Crippen molar-refractivity contribution >= 4 is 32.7 Å². The highest BCUT2D eigenvalue weighted by Gasteiger charge is 2.23. The number of hydrogen-bond donors (Lipinski definition) is 1. The molecule has 1 heterocycles. The van der Waals surface area contributed by atoms with E-state index in [4.69, 9.17) is 0 Å². The first kappa shape index (κ1) is 21.9. The monoisotopic (exact) mass is 429 g/mol. The Kier molecular flexibility index (Phi) is 6.23. The molecule has 0 aliphatic heterocycles. The Labute approximate surface area is 176 Å². The molecule has 1 N–H and O–H groups in total. The van der Waals surface area contributed by atoms with Gasteiger partial charge < -0.3 is 5.32 Å². The van der Waals surface area contributed by atoms with Gasteiger partial charge in [-0.2, -0.15) is 4.31 Å². The molecule has 2 aromatic carbocycles. The lowest BCUT2D eigenvalue weighted by Crippen LogP contribution is -2.30. The van der Waals surface area contributed by atoms with Crippen LogP contribution in [0.3, 0.4) is 0 Å². The van der Waals surface area contributed by atoms with Gasteiger partial charge in [-0.1, -0.05) is 19.1 Å². The van der Waals surface area contributed by atoms with E-state index in [0.29, 0.717) is 36.4 Å². The number of benzene rings is 2. The second-order valence-corrected chi connectivity index (χ2v) is 9.00. The molecular formula is C21H27N5O3S. The van der Waals surface area contributed by atoms with Crippen LogP contribution < -0.4 is 5.32 Å². The summed E-state index contributed by atoms with van der Waals surface area (Å²) >= 11 is 0. The summed E-state index contributed by atoms with van der Waals surface area (Å²) in [5.74, 6) is -0.331. The van der Waals surface area contributed by atoms with E-state index in [1.165, 1.54) is 10.4 Å². The molecular weight excluding hydrogens is 402 g/mol. The topological polar surface area (TPSA) is 97.2 Å². The van der Waals surface area contributed by atoms with Gasteiger partial charge in [0.1, 0.15) is 5.52 Å². The molecule has 0 saturated carbocycles. The second-order valence-electron chi connectivity index (χ2n) is 7.06. The van der Waals surface area contributed by atoms with Crippen molar-refractivity contribution in [2.75, 3.05) is 18.4 Å². The quantitative estimate of drug-likeness (QED) is 0.621. The van der Waals surface area contributed by atoms with Crippen molar-refractivity contribution in [3.05, 3.63) is 47.0 Å². The van der Waals surface area contributed by atoms with Gasteiger partial charge in [-0.15, -0.1) is 5.10 Å². The SMILES string of the molecule is CCN(CC)S(=O)(=O)c1cc(C)c(C)c(NC(=O)c2ccc3c(c2)nnn3CC)c1. The van der Waals surface area contributed by atoms with Gasteiger partial charge in [-0.25, -0.2) is 13.1 Å². The van der Waals surface area contributed by atoms with Crippen molar-refractivity contribution in [3.8, 4) is 0 Å². The molecule has 0 fully saturated rings. The molecule has 1 aromatic heterocycles. The Morgan fingerprint density at radius 3 is 2.43 bits per heavy atom. The Morgan fingerprint density at radius 2 is 1.80 bits per heavy atom. The Balaban J connectivity index is 1.96. The van der Waals surface area contributed by atoms with Crippen LogP contribution >= 0.6 is 0 Å². The maximum absolute atomic E-state index is 12.9. The number of aryl methyl sites for hydroxylation is 2. The van der Waals surface area contributed by atoms with Crippen molar-refractivity contribution in [2.24, 2.45) is 0 Å². The van der Waals surface area contributed by atoms with Crippen LogP contribution in [0.4, 0.5) is 5.69 Å². The van der Waals surface area contributed by atoms with Gasteiger partial charge in [0.2, 0.25) is 10.0 Å². The molecule has 0 aliphatic carbocycles. The first-order valence-corrected chi connectivity index (χ1v) is 11.4. The van der Waals surface area contributed by atoms with Gasteiger partial charge in [0.15, 0.2) is 0 Å². The Hall–Kier alpha value is -2.78. The van der Waals surface area contributed by atoms with Gasteiger partial charge in [0.05, 0.1) is 10.4 Å². The number of aromatic nitrogens is 3. The Bertz CT molecular complexity index is 1200. The summed E-state index contributed by atoms with van der Waals surface area (Å²) in [6.45, 7) is 10.7. The van der Waals surface area contributed by atoms with Gasteiger partial charge in [0, 0.05) is 30.9 Å². The first-order chi connectivity index (χ1) is 14.2. The Morgan fingerprint density at radius 1 is 1.10 bits per heavy atom. The van der Waals surface area contributed by atoms with Crippen LogP contribution in [0.15, 0.2) is 35.2 Å². The number of anilines is 1. The van der Waals surface area contributed by atoms with Gasteiger partial charge in [-0.05, 0) is 62.2 Å². The minimum Gasteiger partial charge on any atom is -0.322 e. The lowest BCUT2D eigenvalue weighted by atomic mass is 10.1. The van der Waals surface area contributed by atoms with Crippen LogP contribution in [0.5, 0.6) is 0 Å². The maximum Gasteiger partial charge on any atom is 0.255 e. The molecule has 0 unspecified atom stereocenters. The third-order valence-corrected chi connectivity index (χ3v) is 7.34. The standard InChI is InChI=1S/C21H27N5O3S/c1-6-25(7-2)30(28,29)17-11-14(4)15(5)18(13-17)22-21(27)16-9-10-20-19(12-16)23-24-26(20)8-3/h9-13H,6-8H2,1-5H3,(H,22,27). The van der Waals surface area contributed by atoms with E-state index in [0.717, 1.165) is 16.6 Å². The number of fused-ring (bicyclic) bond motifs is 1. The molecule has 9 heteroatoms. The molecule has 30 heavy (non-hydrogen) atoms. The third-order valence-electron chi connectivity index (χ3n) is 5.31. The van der Waals surface area contributed by atoms with Crippen molar-refractivity contribution in [3.63, 3.8) is 0 Å². The van der Waals surface area contributed by atoms with E-state index in [-0.39, 0.29) is 10.8 Å². The van der Waals surface area contributed by atoms with Gasteiger partial charge >= 0.3 is 0 Å². The van der Waals surface area contributed by atoms with Crippen molar-refractivity contribution < 1.29 is 13.2 Å². The van der Waals surface area contributed by atoms with Crippen LogP contribution in [0.2, 0.25) is 0 Å². The average molecular weight is 430 g/mol. The number of carbonyl (C=O) groups excluding carboxylic acids is 1. The molecule has 0 aliphatic rings. The van der Waals surface area contributed by atoms with E-state index in [1.54, 1.807) is 36.7 Å². The molecule has 3 rings (SSSR count). The van der Waals surface area contributed by atoms with Crippen LogP contribution in [0, 0.1) is 13.8 Å². The molecule has 160 valence electrons. The fourth-order valence-electron chi connectivity index (χ4n) is 3.36. The molecule has 3 aromatic rings. The van der Waals surface area contributed by atoms with E-state index in [1.807, 2.05) is 26.8 Å². The number of hydrogen-bond acceptors (Lipinski definition) is 5. The maximum atomic E-state index is 12.9. The average Bonchev–Trinajstić information content (AvgIpc) is 3.14. The minimum absolute atomic E-state index is 0.172. The fourth-order valence-corrected chi connectivity index (χ4v) is 4.93. The number of nitrogens with one attached hydrogen (secondary N) is 1. The molecule has 0 radical (unpaired) electrons. The van der Waals surface area contributed by atoms with E-state index in [9.17, 15) is 13.2 Å². The largest absolute Gasteiger partial charge is 0.322 e. The molecule has 0 spiro atoms. The minimum atomic E-state index is -3.63. The van der Waals surface area contributed by atoms with Crippen molar-refractivity contribution in [1.29, 1.82) is 0 Å². The lowest BCUT2D eigenvalue weighted by molar-refractivity contribution is 0.102. The highest BCUT2D eigenvalue weighted by molar-refractivity contribution is 7.89. The summed E-state index contributed by atoms with van der Waals surface area (Å²) in [4.78, 5) is 13.1. The van der Waals surface area contributed by atoms with Crippen molar-refractivity contribution in [2.45, 2.75) is 46.1 Å². The normalized spacial score (nSPS) is 11.9. The number of sulfonamides is 1. The summed E-state index contributed by atoms with van der Waals surface area (Å²) in [6.07, 6.45) is 0. The predicted octanol–water partition coefficient (Wildman–Crippen LogP) is 3.35. The smallest absolute Gasteiger partial charge is 0.255 e. The summed E-state index contributed by atoms with van der Waals surface area (Å²) in [6, 6.07) is 8.38. The molecule has 0 saturated heterocycles. The van der Waals surface area contributed by atoms with Crippen LogP contribution in [-0.2, 0) is 16.6 Å². The van der Waals surface area contributed by atoms with Crippen LogP contribution in [0.25, 0.3) is 11.0 Å². The van der Waals surface area contributed by atoms with E-state index in [2.05, 4.69) is 15.6 Å². The van der Waals surface area contributed by atoms with Crippen molar-refractivity contribution in [1.82, 2.24) is 19.3 Å². The number of carbonyl (C=O) groups is 1. The lowest BCUT2D eigenvalue weighted by Gasteiger charge is -2.20. The van der Waals surface area contributed by atoms with E-state index >= 15 is 0 Å². The summed E-state index contributed by atoms with van der Waals surface area (Å²) in [5, 5.41) is 11.0. The third kappa shape index (κ3) is 3.95. The zero-order chi connectivity index (χ0) is 22.1. The second kappa shape index (κ2) is 8.53. The zero-order valence-electron chi connectivity index (χ0n) is 17.9. The highest BCUT2D eigenvalue weighted by Crippen LogP contribution is 2.27. The van der Waals surface area contributed by atoms with Crippen LogP contribution in [-0.4, -0.2) is 46.7 Å². The zero-order valence-corrected chi connectivity index (χ0v) is 18.7. The number of amides is 1. The summed E-state index contributed by atoms with van der Waals surface area (Å²) < 4.78 is 29.0. The fraction of sp³-hybridized carbons (Fsp3) is 0.381. The molecule has 1 amide bonds. The molecule has 8 nitrogen and oxygen atoms in total. The van der Waals surface area contributed by atoms with Gasteiger partial charge in [0.25, 0.3) is 5.91 Å². The van der Waals surface area contributed by atoms with Crippen LogP contribution in [0.1, 0.15) is 42.3 Å². The highest BCUT2D eigenvalue weighted by atomic mass is 32.2. The summed E-state index contributed by atoms with van der Waals surface area (Å²) in [5.41, 5.74) is 4.01. The first-order valence-electron chi connectivity index (χ1n) is 9.98. The van der Waals surface area contributed by atoms with Gasteiger partial charge in [-0.3, -0.25) is 4.79 Å². The number of rotatable bonds is 7. The summed E-state index contributed by atoms with van der Waals surface area (Å²) in [7, 11) is -3.63.